The molecule has 0 radical (unpaired) electrons. The maximum atomic E-state index is 12.2. The van der Waals surface area contributed by atoms with E-state index in [0.717, 1.165) is 51.0 Å². The van der Waals surface area contributed by atoms with Gasteiger partial charge in [0.25, 0.3) is 0 Å². The van der Waals surface area contributed by atoms with Crippen molar-refractivity contribution in [2.75, 3.05) is 26.2 Å². The first-order chi connectivity index (χ1) is 11.9. The highest BCUT2D eigenvalue weighted by atomic mass is 16.6. The number of rotatable bonds is 1. The van der Waals surface area contributed by atoms with Gasteiger partial charge >= 0.3 is 6.09 Å². The molecular weight excluding hydrogens is 314 g/mol. The Bertz CT molecular complexity index is 679. The fourth-order valence-corrected chi connectivity index (χ4v) is 3.71. The van der Waals surface area contributed by atoms with Crippen molar-refractivity contribution in [2.24, 2.45) is 0 Å². The summed E-state index contributed by atoms with van der Waals surface area (Å²) in [6, 6.07) is 8.81. The van der Waals surface area contributed by atoms with Gasteiger partial charge in [-0.25, -0.2) is 4.79 Å². The van der Waals surface area contributed by atoms with E-state index in [0.29, 0.717) is 6.04 Å². The lowest BCUT2D eigenvalue weighted by atomic mass is 9.86. The molecule has 2 aliphatic rings. The van der Waals surface area contributed by atoms with E-state index in [1.165, 1.54) is 11.1 Å². The van der Waals surface area contributed by atoms with E-state index in [1.54, 1.807) is 0 Å². The molecule has 1 aliphatic heterocycles. The van der Waals surface area contributed by atoms with Crippen LogP contribution in [-0.4, -0.2) is 53.7 Å². The molecule has 1 atom stereocenters. The molecule has 5 heteroatoms. The Hall–Kier alpha value is -2.06. The Labute approximate surface area is 150 Å². The maximum absolute atomic E-state index is 12.2. The second-order valence-corrected chi connectivity index (χ2v) is 8.00. The molecule has 0 spiro atoms. The van der Waals surface area contributed by atoms with Crippen molar-refractivity contribution in [1.82, 2.24) is 9.80 Å². The number of amides is 1. The van der Waals surface area contributed by atoms with E-state index in [1.807, 2.05) is 37.8 Å². The van der Waals surface area contributed by atoms with Crippen molar-refractivity contribution in [3.63, 3.8) is 0 Å². The van der Waals surface area contributed by atoms with Crippen LogP contribution in [0.15, 0.2) is 18.2 Å². The van der Waals surface area contributed by atoms with E-state index in [-0.39, 0.29) is 6.09 Å². The Morgan fingerprint density at radius 1 is 1.20 bits per heavy atom. The molecule has 1 unspecified atom stereocenters. The highest BCUT2D eigenvalue weighted by Gasteiger charge is 2.30. The zero-order chi connectivity index (χ0) is 18.0. The van der Waals surface area contributed by atoms with Crippen molar-refractivity contribution < 1.29 is 9.53 Å². The standard InChI is InChI=1S/C20H27N3O2/c1-20(2,3)25-19(24)23-10-8-22(9-11-23)18-7-6-16-12-15(14-21)4-5-17(16)13-18/h4-5,12,18H,6-11,13H2,1-3H3. The number of hydrogen-bond donors (Lipinski definition) is 0. The van der Waals surface area contributed by atoms with Gasteiger partial charge in [0.2, 0.25) is 0 Å². The predicted octanol–water partition coefficient (Wildman–Crippen LogP) is 2.97. The molecular formula is C20H27N3O2. The van der Waals surface area contributed by atoms with Gasteiger partial charge in [0.05, 0.1) is 11.6 Å². The van der Waals surface area contributed by atoms with Crippen molar-refractivity contribution >= 4 is 6.09 Å². The molecule has 1 aromatic carbocycles. The van der Waals surface area contributed by atoms with Crippen molar-refractivity contribution in [3.05, 3.63) is 34.9 Å². The number of nitriles is 1. The molecule has 5 nitrogen and oxygen atoms in total. The summed E-state index contributed by atoms with van der Waals surface area (Å²) in [5.74, 6) is 0. The highest BCUT2D eigenvalue weighted by molar-refractivity contribution is 5.68. The fraction of sp³-hybridized carbons (Fsp3) is 0.600. The zero-order valence-corrected chi connectivity index (χ0v) is 15.4. The summed E-state index contributed by atoms with van der Waals surface area (Å²) >= 11 is 0. The Morgan fingerprint density at radius 3 is 2.56 bits per heavy atom. The molecule has 1 saturated heterocycles. The molecule has 1 fully saturated rings. The summed E-state index contributed by atoms with van der Waals surface area (Å²) in [6.07, 6.45) is 2.98. The molecule has 134 valence electrons. The van der Waals surface area contributed by atoms with Gasteiger partial charge in [0.15, 0.2) is 0 Å². The number of hydrogen-bond acceptors (Lipinski definition) is 4. The molecule has 1 aliphatic carbocycles. The van der Waals surface area contributed by atoms with Crippen LogP contribution >= 0.6 is 0 Å². The van der Waals surface area contributed by atoms with Crippen LogP contribution in [0.1, 0.15) is 43.9 Å². The first kappa shape index (κ1) is 17.8. The summed E-state index contributed by atoms with van der Waals surface area (Å²) < 4.78 is 5.47. The number of fused-ring (bicyclic) bond motifs is 1. The van der Waals surface area contributed by atoms with E-state index in [9.17, 15) is 4.79 Å². The summed E-state index contributed by atoms with van der Waals surface area (Å²) in [6.45, 7) is 8.96. The SMILES string of the molecule is CC(C)(C)OC(=O)N1CCN(C2CCc3cc(C#N)ccc3C2)CC1. The topological polar surface area (TPSA) is 56.6 Å². The van der Waals surface area contributed by atoms with Crippen LogP contribution in [0.5, 0.6) is 0 Å². The van der Waals surface area contributed by atoms with Gasteiger partial charge in [-0.3, -0.25) is 4.90 Å². The lowest BCUT2D eigenvalue weighted by molar-refractivity contribution is 0.00958. The molecule has 1 aromatic rings. The van der Waals surface area contributed by atoms with Gasteiger partial charge in [-0.15, -0.1) is 0 Å². The van der Waals surface area contributed by atoms with Gasteiger partial charge < -0.3 is 9.64 Å². The molecule has 1 amide bonds. The number of nitrogens with zero attached hydrogens (tertiary/aromatic N) is 3. The highest BCUT2D eigenvalue weighted by Crippen LogP contribution is 2.26. The summed E-state index contributed by atoms with van der Waals surface area (Å²) in [5.41, 5.74) is 3.00. The smallest absolute Gasteiger partial charge is 0.410 e. The molecule has 0 saturated carbocycles. The average molecular weight is 341 g/mol. The molecule has 0 bridgehead atoms. The minimum absolute atomic E-state index is 0.204. The third-order valence-corrected chi connectivity index (χ3v) is 5.02. The molecule has 25 heavy (non-hydrogen) atoms. The number of carbonyl (C=O) groups excluding carboxylic acids is 1. The number of benzene rings is 1. The summed E-state index contributed by atoms with van der Waals surface area (Å²) in [5, 5.41) is 9.03. The van der Waals surface area contributed by atoms with Gasteiger partial charge in [0.1, 0.15) is 5.60 Å². The Morgan fingerprint density at radius 2 is 1.92 bits per heavy atom. The van der Waals surface area contributed by atoms with Gasteiger partial charge in [-0.05, 0) is 63.3 Å². The van der Waals surface area contributed by atoms with Crippen LogP contribution in [0.2, 0.25) is 0 Å². The van der Waals surface area contributed by atoms with E-state index >= 15 is 0 Å². The Kier molecular flexibility index (Phi) is 5.01. The first-order valence-electron chi connectivity index (χ1n) is 9.09. The normalized spacial score (nSPS) is 21.4. The number of carbonyl (C=O) groups is 1. The third-order valence-electron chi connectivity index (χ3n) is 5.02. The number of ether oxygens (including phenoxy) is 1. The molecule has 0 N–H and O–H groups in total. The second kappa shape index (κ2) is 7.05. The van der Waals surface area contributed by atoms with E-state index in [2.05, 4.69) is 17.0 Å². The lowest BCUT2D eigenvalue weighted by Crippen LogP contribution is -2.53. The predicted molar refractivity (Wildman–Crippen MR) is 96.4 cm³/mol. The fourth-order valence-electron chi connectivity index (χ4n) is 3.71. The van der Waals surface area contributed by atoms with Crippen LogP contribution in [0.3, 0.4) is 0 Å². The number of aryl methyl sites for hydroxylation is 1. The average Bonchev–Trinajstić information content (AvgIpc) is 2.59. The van der Waals surface area contributed by atoms with E-state index < -0.39 is 5.60 Å². The van der Waals surface area contributed by atoms with Crippen LogP contribution in [0, 0.1) is 11.3 Å². The molecule has 1 heterocycles. The molecule has 0 aromatic heterocycles. The van der Waals surface area contributed by atoms with Gasteiger partial charge in [-0.2, -0.15) is 5.26 Å². The minimum atomic E-state index is -0.441. The van der Waals surface area contributed by atoms with Crippen LogP contribution in [-0.2, 0) is 17.6 Å². The molecule has 3 rings (SSSR count). The summed E-state index contributed by atoms with van der Waals surface area (Å²) in [4.78, 5) is 16.5. The van der Waals surface area contributed by atoms with Crippen LogP contribution in [0.4, 0.5) is 4.79 Å². The quantitative estimate of drug-likeness (QED) is 0.788. The third kappa shape index (κ3) is 4.32. The van der Waals surface area contributed by atoms with Gasteiger partial charge in [-0.1, -0.05) is 6.07 Å². The largest absolute Gasteiger partial charge is 0.444 e. The monoisotopic (exact) mass is 341 g/mol. The Balaban J connectivity index is 1.55. The van der Waals surface area contributed by atoms with Crippen molar-refractivity contribution in [2.45, 2.75) is 51.7 Å². The van der Waals surface area contributed by atoms with Crippen LogP contribution in [0.25, 0.3) is 0 Å². The van der Waals surface area contributed by atoms with Crippen LogP contribution < -0.4 is 0 Å². The summed E-state index contributed by atoms with van der Waals surface area (Å²) in [7, 11) is 0. The lowest BCUT2D eigenvalue weighted by Gasteiger charge is -2.41. The second-order valence-electron chi connectivity index (χ2n) is 8.00. The maximum Gasteiger partial charge on any atom is 0.410 e. The van der Waals surface area contributed by atoms with Crippen molar-refractivity contribution in [1.29, 1.82) is 5.26 Å². The van der Waals surface area contributed by atoms with Gasteiger partial charge in [0, 0.05) is 32.2 Å². The minimum Gasteiger partial charge on any atom is -0.444 e. The van der Waals surface area contributed by atoms with Crippen molar-refractivity contribution in [3.8, 4) is 6.07 Å². The zero-order valence-electron chi connectivity index (χ0n) is 15.4. The first-order valence-corrected chi connectivity index (χ1v) is 9.09. The number of piperazine rings is 1. The van der Waals surface area contributed by atoms with E-state index in [4.69, 9.17) is 10.00 Å².